The van der Waals surface area contributed by atoms with Crippen molar-refractivity contribution in [2.45, 2.75) is 107 Å². The van der Waals surface area contributed by atoms with Gasteiger partial charge in [0.05, 0.1) is 0 Å². The summed E-state index contributed by atoms with van der Waals surface area (Å²) in [6.45, 7) is 18.3. The van der Waals surface area contributed by atoms with Crippen LogP contribution in [0.5, 0.6) is 0 Å². The summed E-state index contributed by atoms with van der Waals surface area (Å²) in [6.07, 6.45) is 8.40. The summed E-state index contributed by atoms with van der Waals surface area (Å²) >= 11 is 0. The van der Waals surface area contributed by atoms with E-state index in [2.05, 4.69) is 128 Å². The molecule has 0 aliphatic rings. The van der Waals surface area contributed by atoms with Crippen molar-refractivity contribution in [3.63, 3.8) is 0 Å². The highest BCUT2D eigenvalue weighted by atomic mass is 28.4. The Labute approximate surface area is 266 Å². The minimum atomic E-state index is -2.05. The van der Waals surface area contributed by atoms with Crippen LogP contribution in [0.25, 0.3) is 0 Å². The molecule has 0 radical (unpaired) electrons. The van der Waals surface area contributed by atoms with Crippen LogP contribution in [0, 0.1) is 0 Å². The fourth-order valence-corrected chi connectivity index (χ4v) is 13.5. The number of aryl methyl sites for hydroxylation is 8. The van der Waals surface area contributed by atoms with Crippen LogP contribution in [0.2, 0.25) is 0 Å². The van der Waals surface area contributed by atoms with Crippen molar-refractivity contribution in [3.05, 3.63) is 117 Å². The fraction of sp³-hybridized carbons (Fsp3) is 0.400. The predicted octanol–water partition coefficient (Wildman–Crippen LogP) is 6.58. The molecule has 0 heterocycles. The summed E-state index contributed by atoms with van der Waals surface area (Å²) in [5.74, 6) is 0. The van der Waals surface area contributed by atoms with E-state index in [1.165, 1.54) is 65.3 Å². The summed E-state index contributed by atoms with van der Waals surface area (Å²) in [5.41, 5.74) is 11.4. The van der Waals surface area contributed by atoms with Crippen molar-refractivity contribution in [1.29, 1.82) is 0 Å². The van der Waals surface area contributed by atoms with Crippen LogP contribution in [-0.4, -0.2) is 18.1 Å². The van der Waals surface area contributed by atoms with Gasteiger partial charge in [0.1, 0.15) is 0 Å². The first-order valence-electron chi connectivity index (χ1n) is 17.0. The predicted molar refractivity (Wildman–Crippen MR) is 195 cm³/mol. The first-order valence-corrected chi connectivity index (χ1v) is 20.3. The number of hydrogen-bond acceptors (Lipinski definition) is 1. The van der Waals surface area contributed by atoms with E-state index >= 15 is 0 Å². The molecule has 0 unspecified atom stereocenters. The molecule has 0 aliphatic carbocycles. The van der Waals surface area contributed by atoms with E-state index in [9.17, 15) is 0 Å². The molecular formula is C40H54OSi2. The van der Waals surface area contributed by atoms with Gasteiger partial charge in [-0.1, -0.05) is 128 Å². The van der Waals surface area contributed by atoms with Gasteiger partial charge in [-0.15, -0.1) is 0 Å². The molecule has 0 aromatic heterocycles. The lowest BCUT2D eigenvalue weighted by atomic mass is 10.1. The van der Waals surface area contributed by atoms with Crippen LogP contribution in [0.1, 0.15) is 99.9 Å². The van der Waals surface area contributed by atoms with Crippen LogP contribution >= 0.6 is 0 Å². The Morgan fingerprint density at radius 2 is 0.465 bits per heavy atom. The summed E-state index contributed by atoms with van der Waals surface area (Å²) in [4.78, 5) is 0. The van der Waals surface area contributed by atoms with E-state index in [0.29, 0.717) is 0 Å². The van der Waals surface area contributed by atoms with Crippen LogP contribution < -0.4 is 20.7 Å². The maximum Gasteiger partial charge on any atom is 0.228 e. The topological polar surface area (TPSA) is 9.23 Å². The van der Waals surface area contributed by atoms with E-state index in [4.69, 9.17) is 4.12 Å². The van der Waals surface area contributed by atoms with Crippen molar-refractivity contribution in [2.24, 2.45) is 0 Å². The third-order valence-corrected chi connectivity index (χ3v) is 15.0. The van der Waals surface area contributed by atoms with Gasteiger partial charge in [-0.2, -0.15) is 0 Å². The summed E-state index contributed by atoms with van der Waals surface area (Å²) < 4.78 is 7.87. The van der Waals surface area contributed by atoms with Gasteiger partial charge in [0.15, 0.2) is 0 Å². The molecule has 228 valence electrons. The zero-order valence-electron chi connectivity index (χ0n) is 28.1. The Hall–Kier alpha value is -2.73. The smallest absolute Gasteiger partial charge is 0.228 e. The molecule has 43 heavy (non-hydrogen) atoms. The first kappa shape index (κ1) is 33.2. The van der Waals surface area contributed by atoms with Gasteiger partial charge in [0.2, 0.25) is 18.1 Å². The third kappa shape index (κ3) is 8.26. The molecule has 4 aromatic rings. The number of hydrogen-bond donors (Lipinski definition) is 0. The van der Waals surface area contributed by atoms with Crippen molar-refractivity contribution in [3.8, 4) is 0 Å². The number of rotatable bonds is 14. The third-order valence-electron chi connectivity index (χ3n) is 9.05. The molecule has 3 heteroatoms. The van der Waals surface area contributed by atoms with E-state index in [-0.39, 0.29) is 0 Å². The second-order valence-electron chi connectivity index (χ2n) is 12.1. The second kappa shape index (κ2) is 15.8. The fourth-order valence-electron chi connectivity index (χ4n) is 6.24. The molecule has 0 saturated heterocycles. The zero-order chi connectivity index (χ0) is 30.9. The molecule has 0 atom stereocenters. The van der Waals surface area contributed by atoms with Gasteiger partial charge < -0.3 is 4.12 Å². The average molecular weight is 607 g/mol. The van der Waals surface area contributed by atoms with Crippen molar-refractivity contribution in [2.75, 3.05) is 0 Å². The van der Waals surface area contributed by atoms with E-state index < -0.39 is 18.1 Å². The maximum atomic E-state index is 7.87. The highest BCUT2D eigenvalue weighted by Gasteiger charge is 2.28. The SMILES string of the molecule is CCc1cc(CC)cc([SiH](O[SiH](c2cc(CC)cc(CC)c2)c2cc(CC)cc(CC)c2)c2cc(CC)cc(CC)c2)c1. The Kier molecular flexibility index (Phi) is 12.2. The molecule has 0 saturated carbocycles. The summed E-state index contributed by atoms with van der Waals surface area (Å²) in [6, 6.07) is 29.4. The first-order chi connectivity index (χ1) is 20.9. The molecule has 1 nitrogen and oxygen atoms in total. The van der Waals surface area contributed by atoms with Gasteiger partial charge in [0, 0.05) is 0 Å². The van der Waals surface area contributed by atoms with Gasteiger partial charge in [0.25, 0.3) is 0 Å². The Morgan fingerprint density at radius 1 is 0.302 bits per heavy atom. The van der Waals surface area contributed by atoms with E-state index in [0.717, 1.165) is 51.4 Å². The molecule has 0 amide bonds. The highest BCUT2D eigenvalue weighted by Crippen LogP contribution is 2.14. The Morgan fingerprint density at radius 3 is 0.605 bits per heavy atom. The maximum absolute atomic E-state index is 7.87. The molecule has 0 bridgehead atoms. The zero-order valence-corrected chi connectivity index (χ0v) is 30.5. The number of benzene rings is 4. The lowest BCUT2D eigenvalue weighted by Gasteiger charge is -2.28. The Balaban J connectivity index is 2.00. The highest BCUT2D eigenvalue weighted by molar-refractivity contribution is 6.91. The molecule has 0 aliphatic heterocycles. The largest absolute Gasteiger partial charge is 0.446 e. The van der Waals surface area contributed by atoms with E-state index in [1.54, 1.807) is 0 Å². The molecule has 0 spiro atoms. The van der Waals surface area contributed by atoms with Gasteiger partial charge in [-0.05, 0) is 117 Å². The quantitative estimate of drug-likeness (QED) is 0.147. The summed E-state index contributed by atoms with van der Waals surface area (Å²) in [7, 11) is -4.10. The minimum absolute atomic E-state index is 1.05. The lowest BCUT2D eigenvalue weighted by Crippen LogP contribution is -2.56. The summed E-state index contributed by atoms with van der Waals surface area (Å²) in [5, 5.41) is 5.75. The average Bonchev–Trinajstić information content (AvgIpc) is 3.07. The molecule has 0 fully saturated rings. The van der Waals surface area contributed by atoms with Crippen LogP contribution in [-0.2, 0) is 55.5 Å². The second-order valence-corrected chi connectivity index (χ2v) is 17.3. The molecule has 4 aromatic carbocycles. The van der Waals surface area contributed by atoms with Gasteiger partial charge in [-0.25, -0.2) is 0 Å². The van der Waals surface area contributed by atoms with Crippen LogP contribution in [0.4, 0.5) is 0 Å². The molecule has 0 N–H and O–H groups in total. The normalized spacial score (nSPS) is 11.6. The monoisotopic (exact) mass is 606 g/mol. The van der Waals surface area contributed by atoms with Crippen molar-refractivity contribution < 1.29 is 4.12 Å². The Bertz CT molecular complexity index is 1190. The van der Waals surface area contributed by atoms with Gasteiger partial charge in [-0.3, -0.25) is 0 Å². The standard InChI is InChI=1S/C40H54OSi2/c1-9-29-17-30(10-2)22-37(21-29)42(38-23-31(11-3)18-32(12-4)24-38)41-43(39-25-33(13-5)19-34(14-6)26-39)40-27-35(15-7)20-36(16-8)28-40/h17-28,42-43H,9-16H2,1-8H3. The lowest BCUT2D eigenvalue weighted by molar-refractivity contribution is 0.632. The van der Waals surface area contributed by atoms with Crippen molar-refractivity contribution >= 4 is 38.8 Å². The van der Waals surface area contributed by atoms with Crippen LogP contribution in [0.15, 0.2) is 72.8 Å². The van der Waals surface area contributed by atoms with E-state index in [1.807, 2.05) is 0 Å². The molecular weight excluding hydrogens is 553 g/mol. The van der Waals surface area contributed by atoms with Crippen LogP contribution in [0.3, 0.4) is 0 Å². The van der Waals surface area contributed by atoms with Crippen molar-refractivity contribution in [1.82, 2.24) is 0 Å². The van der Waals surface area contributed by atoms with Gasteiger partial charge >= 0.3 is 0 Å². The molecule has 4 rings (SSSR count). The minimum Gasteiger partial charge on any atom is -0.446 e.